The summed E-state index contributed by atoms with van der Waals surface area (Å²) in [6, 6.07) is 0.375. The van der Waals surface area contributed by atoms with E-state index in [1.165, 1.54) is 96.7 Å². The van der Waals surface area contributed by atoms with E-state index in [0.717, 1.165) is 5.92 Å². The van der Waals surface area contributed by atoms with Crippen molar-refractivity contribution < 1.29 is 0 Å². The number of hydrogen-bond donors (Lipinski definition) is 1. The summed E-state index contributed by atoms with van der Waals surface area (Å²) in [5.74, 6) is 0.738. The van der Waals surface area contributed by atoms with E-state index < -0.39 is 0 Å². The lowest BCUT2D eigenvalue weighted by molar-refractivity contribution is 0.158. The molecular formula is C19H40N2. The van der Waals surface area contributed by atoms with E-state index in [1.807, 2.05) is 0 Å². The summed E-state index contributed by atoms with van der Waals surface area (Å²) in [6.07, 6.45) is 17.0. The van der Waals surface area contributed by atoms with Crippen LogP contribution in [0.2, 0.25) is 0 Å². The highest BCUT2D eigenvalue weighted by Crippen LogP contribution is 2.19. The predicted octanol–water partition coefficient (Wildman–Crippen LogP) is 4.97. The van der Waals surface area contributed by atoms with Gasteiger partial charge in [0.05, 0.1) is 0 Å². The lowest BCUT2D eigenvalue weighted by atomic mass is 9.92. The Labute approximate surface area is 133 Å². The largest absolute Gasteiger partial charge is 0.328 e. The minimum absolute atomic E-state index is 0.375. The Morgan fingerprint density at radius 2 is 1.52 bits per heavy atom. The summed E-state index contributed by atoms with van der Waals surface area (Å²) in [5.41, 5.74) is 6.06. The van der Waals surface area contributed by atoms with Gasteiger partial charge in [0.2, 0.25) is 0 Å². The smallest absolute Gasteiger partial charge is 0.00509 e. The zero-order valence-corrected chi connectivity index (χ0v) is 14.8. The second-order valence-electron chi connectivity index (χ2n) is 7.24. The van der Waals surface area contributed by atoms with Gasteiger partial charge >= 0.3 is 0 Å². The van der Waals surface area contributed by atoms with Gasteiger partial charge in [-0.3, -0.25) is 0 Å². The summed E-state index contributed by atoms with van der Waals surface area (Å²) in [5, 5.41) is 0. The molecule has 21 heavy (non-hydrogen) atoms. The van der Waals surface area contributed by atoms with Crippen molar-refractivity contribution in [2.24, 2.45) is 11.7 Å². The number of hydrogen-bond acceptors (Lipinski definition) is 2. The molecule has 0 aliphatic carbocycles. The molecule has 0 aromatic carbocycles. The molecule has 0 amide bonds. The van der Waals surface area contributed by atoms with Crippen molar-refractivity contribution in [3.05, 3.63) is 0 Å². The van der Waals surface area contributed by atoms with E-state index >= 15 is 0 Å². The normalized spacial score (nSPS) is 21.6. The van der Waals surface area contributed by atoms with Crippen LogP contribution in [0.15, 0.2) is 0 Å². The van der Waals surface area contributed by atoms with Crippen LogP contribution < -0.4 is 5.73 Å². The zero-order valence-electron chi connectivity index (χ0n) is 14.8. The highest BCUT2D eigenvalue weighted by Gasteiger charge is 2.21. The van der Waals surface area contributed by atoms with Gasteiger partial charge in [-0.15, -0.1) is 0 Å². The number of nitrogens with zero attached hydrogens (tertiary/aromatic N) is 1. The lowest BCUT2D eigenvalue weighted by Crippen LogP contribution is -2.42. The number of unbranched alkanes of at least 4 members (excludes halogenated alkanes) is 9. The molecule has 0 radical (unpaired) electrons. The molecule has 1 heterocycles. The summed E-state index contributed by atoms with van der Waals surface area (Å²) < 4.78 is 0. The fourth-order valence-corrected chi connectivity index (χ4v) is 3.55. The van der Waals surface area contributed by atoms with Gasteiger partial charge in [0.25, 0.3) is 0 Å². The van der Waals surface area contributed by atoms with Gasteiger partial charge in [-0.25, -0.2) is 0 Å². The molecule has 1 saturated heterocycles. The molecule has 2 atom stereocenters. The highest BCUT2D eigenvalue weighted by atomic mass is 15.1. The minimum Gasteiger partial charge on any atom is -0.328 e. The first-order chi connectivity index (χ1) is 10.2. The van der Waals surface area contributed by atoms with Crippen LogP contribution in [0, 0.1) is 5.92 Å². The van der Waals surface area contributed by atoms with Crippen LogP contribution in [0.25, 0.3) is 0 Å². The van der Waals surface area contributed by atoms with Crippen LogP contribution in [0.3, 0.4) is 0 Å². The number of nitrogens with two attached hydrogens (primary N) is 1. The van der Waals surface area contributed by atoms with E-state index in [-0.39, 0.29) is 0 Å². The highest BCUT2D eigenvalue weighted by molar-refractivity contribution is 4.78. The van der Waals surface area contributed by atoms with Gasteiger partial charge in [-0.05, 0) is 45.2 Å². The van der Waals surface area contributed by atoms with E-state index in [1.54, 1.807) is 0 Å². The third-order valence-electron chi connectivity index (χ3n) is 5.11. The average molecular weight is 297 g/mol. The minimum atomic E-state index is 0.375. The third kappa shape index (κ3) is 9.52. The Hall–Kier alpha value is -0.0800. The summed E-state index contributed by atoms with van der Waals surface area (Å²) in [4.78, 5) is 2.66. The Kier molecular flexibility index (Phi) is 11.3. The molecule has 0 aromatic rings. The molecule has 2 nitrogen and oxygen atoms in total. The Morgan fingerprint density at radius 1 is 0.952 bits per heavy atom. The quantitative estimate of drug-likeness (QED) is 0.515. The molecule has 1 aliphatic rings. The van der Waals surface area contributed by atoms with Crippen LogP contribution in [0.5, 0.6) is 0 Å². The maximum absolute atomic E-state index is 6.06. The van der Waals surface area contributed by atoms with Gasteiger partial charge < -0.3 is 10.6 Å². The number of piperidine rings is 1. The van der Waals surface area contributed by atoms with Crippen molar-refractivity contribution >= 4 is 0 Å². The van der Waals surface area contributed by atoms with Crippen LogP contribution in [0.4, 0.5) is 0 Å². The van der Waals surface area contributed by atoms with Crippen LogP contribution >= 0.6 is 0 Å². The topological polar surface area (TPSA) is 29.3 Å². The Bertz CT molecular complexity index is 228. The van der Waals surface area contributed by atoms with Crippen molar-refractivity contribution in [3.63, 3.8) is 0 Å². The molecule has 1 fully saturated rings. The third-order valence-corrected chi connectivity index (χ3v) is 5.11. The molecule has 126 valence electrons. The Balaban J connectivity index is 1.88. The van der Waals surface area contributed by atoms with E-state index in [0.29, 0.717) is 6.04 Å². The van der Waals surface area contributed by atoms with Crippen LogP contribution in [0.1, 0.15) is 90.9 Å². The van der Waals surface area contributed by atoms with Crippen molar-refractivity contribution in [2.75, 3.05) is 19.6 Å². The van der Waals surface area contributed by atoms with E-state index in [4.69, 9.17) is 5.73 Å². The monoisotopic (exact) mass is 296 g/mol. The maximum atomic E-state index is 6.06. The molecule has 0 aromatic heterocycles. The fraction of sp³-hybridized carbons (Fsp3) is 1.00. The number of rotatable bonds is 12. The first-order valence-corrected chi connectivity index (χ1v) is 9.72. The first kappa shape index (κ1) is 19.0. The molecule has 2 N–H and O–H groups in total. The predicted molar refractivity (Wildman–Crippen MR) is 94.7 cm³/mol. The SMILES string of the molecule is CCCCCCCCCCCCN1CCCC(C(C)N)C1. The van der Waals surface area contributed by atoms with Crippen molar-refractivity contribution in [3.8, 4) is 0 Å². The van der Waals surface area contributed by atoms with Gasteiger partial charge in [0.1, 0.15) is 0 Å². The van der Waals surface area contributed by atoms with Crippen LogP contribution in [-0.4, -0.2) is 30.6 Å². The molecule has 0 bridgehead atoms. The molecule has 2 unspecified atom stereocenters. The fourth-order valence-electron chi connectivity index (χ4n) is 3.55. The Morgan fingerprint density at radius 3 is 2.10 bits per heavy atom. The molecule has 1 rings (SSSR count). The maximum Gasteiger partial charge on any atom is 0.00509 e. The van der Waals surface area contributed by atoms with E-state index in [2.05, 4.69) is 18.7 Å². The summed E-state index contributed by atoms with van der Waals surface area (Å²) >= 11 is 0. The lowest BCUT2D eigenvalue weighted by Gasteiger charge is -2.34. The molecule has 0 saturated carbocycles. The van der Waals surface area contributed by atoms with Gasteiger partial charge in [0, 0.05) is 12.6 Å². The van der Waals surface area contributed by atoms with Crippen molar-refractivity contribution in [1.29, 1.82) is 0 Å². The standard InChI is InChI=1S/C19H40N2/c1-3-4-5-6-7-8-9-10-11-12-15-21-16-13-14-19(17-21)18(2)20/h18-19H,3-17,20H2,1-2H3. The van der Waals surface area contributed by atoms with Gasteiger partial charge in [-0.2, -0.15) is 0 Å². The zero-order chi connectivity index (χ0) is 15.3. The van der Waals surface area contributed by atoms with Gasteiger partial charge in [0.15, 0.2) is 0 Å². The van der Waals surface area contributed by atoms with Crippen molar-refractivity contribution in [1.82, 2.24) is 4.90 Å². The molecule has 2 heteroatoms. The summed E-state index contributed by atoms with van der Waals surface area (Å²) in [7, 11) is 0. The van der Waals surface area contributed by atoms with E-state index in [9.17, 15) is 0 Å². The van der Waals surface area contributed by atoms with Crippen LogP contribution in [-0.2, 0) is 0 Å². The summed E-state index contributed by atoms with van der Waals surface area (Å²) in [6.45, 7) is 8.32. The average Bonchev–Trinajstić information content (AvgIpc) is 2.49. The second kappa shape index (κ2) is 12.5. The molecule has 0 spiro atoms. The first-order valence-electron chi connectivity index (χ1n) is 9.72. The molecule has 1 aliphatic heterocycles. The van der Waals surface area contributed by atoms with Crippen molar-refractivity contribution in [2.45, 2.75) is 96.9 Å². The second-order valence-corrected chi connectivity index (χ2v) is 7.24. The number of likely N-dealkylation sites (tertiary alicyclic amines) is 1. The molecular weight excluding hydrogens is 256 g/mol. The van der Waals surface area contributed by atoms with Gasteiger partial charge in [-0.1, -0.05) is 64.7 Å².